The topological polar surface area (TPSA) is 158 Å². The first-order valence-corrected chi connectivity index (χ1v) is 30.3. The van der Waals surface area contributed by atoms with Crippen molar-refractivity contribution in [3.63, 3.8) is 0 Å². The molecule has 16 nitrogen and oxygen atoms in total. The number of hydrogen-bond acceptors (Lipinski definition) is 12. The van der Waals surface area contributed by atoms with E-state index in [0.29, 0.717) is 67.5 Å². The molecule has 5 aliphatic rings. The molecule has 4 aliphatic heterocycles. The number of hydrogen-bond donors (Lipinski definition) is 0. The summed E-state index contributed by atoms with van der Waals surface area (Å²) < 4.78 is 58.1. The second kappa shape index (κ2) is 25.3. The number of rotatable bonds is 18. The zero-order valence-electron chi connectivity index (χ0n) is 52.4. The molecule has 8 bridgehead atoms. The number of aryl methyl sites for hydroxylation is 4. The Kier molecular flexibility index (Phi) is 17.5. The van der Waals surface area contributed by atoms with Crippen molar-refractivity contribution in [3.05, 3.63) is 197 Å². The van der Waals surface area contributed by atoms with Crippen LogP contribution in [0.2, 0.25) is 0 Å². The summed E-state index contributed by atoms with van der Waals surface area (Å²) in [5.74, 6) is -0.403. The average Bonchev–Trinajstić information content (AvgIpc) is 1.53. The summed E-state index contributed by atoms with van der Waals surface area (Å²) in [5.41, 5.74) is 22.3. The average molecular weight is 1190 g/mol. The number of allylic oxidation sites excluding steroid dienone is 4. The van der Waals surface area contributed by atoms with E-state index in [1.807, 2.05) is 36.4 Å². The van der Waals surface area contributed by atoms with Gasteiger partial charge in [-0.1, -0.05) is 36.4 Å². The molecular weight excluding hydrogens is 1110 g/mol. The van der Waals surface area contributed by atoms with Crippen LogP contribution in [0.4, 0.5) is 0 Å². The minimum absolute atomic E-state index is 0.157. The minimum atomic E-state index is -0.543. The molecule has 0 saturated heterocycles. The molecule has 18 heteroatoms. The van der Waals surface area contributed by atoms with Crippen LogP contribution in [0.1, 0.15) is 145 Å². The lowest BCUT2D eigenvalue weighted by atomic mass is 9.84. The highest BCUT2D eigenvalue weighted by Crippen LogP contribution is 2.47. The highest BCUT2D eigenvalue weighted by Gasteiger charge is 2.43. The number of fused-ring (bicyclic) bond motifs is 12. The molecule has 4 aromatic carbocycles. The molecule has 0 unspecified atom stereocenters. The van der Waals surface area contributed by atoms with Crippen LogP contribution in [0.3, 0.4) is 0 Å². The second-order valence-electron chi connectivity index (χ2n) is 22.9. The molecule has 88 heavy (non-hydrogen) atoms. The summed E-state index contributed by atoms with van der Waals surface area (Å²) in [6.07, 6.45) is 5.14. The number of esters is 4. The summed E-state index contributed by atoms with van der Waals surface area (Å²) in [4.78, 5) is 54.1. The zero-order valence-corrected chi connectivity index (χ0v) is 52.4. The Morgan fingerprint density at radius 2 is 0.705 bits per heavy atom. The van der Waals surface area contributed by atoms with Gasteiger partial charge in [0, 0.05) is 74.2 Å². The van der Waals surface area contributed by atoms with Gasteiger partial charge in [0.05, 0.1) is 49.0 Å². The first-order chi connectivity index (χ1) is 42.4. The summed E-state index contributed by atoms with van der Waals surface area (Å²) in [6, 6.07) is 24.8. The van der Waals surface area contributed by atoms with E-state index in [9.17, 15) is 19.2 Å². The third kappa shape index (κ3) is 11.7. The third-order valence-corrected chi connectivity index (χ3v) is 16.6. The summed E-state index contributed by atoms with van der Waals surface area (Å²) in [5, 5.41) is 0. The van der Waals surface area contributed by atoms with Gasteiger partial charge >= 0.3 is 39.0 Å². The Hall–Kier alpha value is -9.05. The number of nitrogens with zero attached hydrogens (tertiary/aromatic N) is 4. The van der Waals surface area contributed by atoms with Gasteiger partial charge in [-0.15, -0.1) is 0 Å². The van der Waals surface area contributed by atoms with Crippen molar-refractivity contribution in [2.75, 3.05) is 52.9 Å². The number of carbonyl (C=O) groups is 4. The van der Waals surface area contributed by atoms with Gasteiger partial charge in [-0.2, -0.15) is 0 Å². The Bertz CT molecular complexity index is 3760. The van der Waals surface area contributed by atoms with Crippen molar-refractivity contribution in [2.24, 2.45) is 0 Å². The van der Waals surface area contributed by atoms with Crippen molar-refractivity contribution in [2.45, 2.75) is 109 Å². The van der Waals surface area contributed by atoms with Crippen molar-refractivity contribution >= 4 is 61.5 Å². The van der Waals surface area contributed by atoms with Gasteiger partial charge in [-0.05, 0) is 172 Å². The standard InChI is InChI=1S/C70H74B2N4O12/c1-13-81-57(77)35-85-67-47-19-17-20-48(67)28-54-32-52(62-65-41(7)25-45(11)75(65)72-76-46(12)26-42(8)66(62)76)34-56(70(54)88-38-60(80)84-16-4)30-50-22-18-21-49(68(50)86-36-58(78)82-14-2)29-55-33-51(31-53(27-47)69(55)87-37-59(79)83-15-3)61-63-39(5)23-43(9)73(63)71-74-44(10)24-40(6)64(61)74/h17-26,31-34H,13-16,27-30,35-38H2,1-12H3/q+2. The number of aromatic nitrogens is 2. The van der Waals surface area contributed by atoms with Crippen molar-refractivity contribution in [3.8, 4) is 23.0 Å². The van der Waals surface area contributed by atoms with Gasteiger partial charge in [-0.3, -0.25) is 8.97 Å². The lowest BCUT2D eigenvalue weighted by molar-refractivity contribution is -0.315. The zero-order chi connectivity index (χ0) is 62.2. The Morgan fingerprint density at radius 1 is 0.420 bits per heavy atom. The Morgan fingerprint density at radius 3 is 0.989 bits per heavy atom. The van der Waals surface area contributed by atoms with E-state index in [0.717, 1.165) is 90.1 Å². The third-order valence-electron chi connectivity index (χ3n) is 16.6. The predicted octanol–water partition coefficient (Wildman–Crippen LogP) is 10.1. The van der Waals surface area contributed by atoms with Gasteiger partial charge < -0.3 is 46.9 Å². The number of para-hydroxylation sites is 2. The van der Waals surface area contributed by atoms with E-state index in [1.54, 1.807) is 27.7 Å². The molecule has 0 spiro atoms. The van der Waals surface area contributed by atoms with Crippen LogP contribution in [0, 0.1) is 27.7 Å². The summed E-state index contributed by atoms with van der Waals surface area (Å²) in [6.45, 7) is 23.0. The van der Waals surface area contributed by atoms with E-state index < -0.39 is 50.3 Å². The molecule has 6 heterocycles. The summed E-state index contributed by atoms with van der Waals surface area (Å²) in [7, 11) is 4.30. The fraction of sp³-hybridized carbons (Fsp3) is 0.343. The van der Waals surface area contributed by atoms with Crippen LogP contribution in [-0.2, 0) is 63.8 Å². The lowest BCUT2D eigenvalue weighted by Gasteiger charge is -2.25. The fourth-order valence-electron chi connectivity index (χ4n) is 13.2. The first kappa shape index (κ1) is 60.6. The number of ether oxygens (including phenoxy) is 8. The first-order valence-electron chi connectivity index (χ1n) is 30.3. The van der Waals surface area contributed by atoms with Crippen LogP contribution in [0.25, 0.3) is 11.1 Å². The molecule has 0 N–H and O–H groups in total. The van der Waals surface area contributed by atoms with E-state index in [1.165, 1.54) is 0 Å². The molecule has 11 rings (SSSR count). The molecule has 1 aliphatic carbocycles. The van der Waals surface area contributed by atoms with E-state index in [2.05, 4.69) is 137 Å². The molecule has 450 valence electrons. The monoisotopic (exact) mass is 1180 g/mol. The summed E-state index contributed by atoms with van der Waals surface area (Å²) >= 11 is 0. The smallest absolute Gasteiger partial charge is 0.481 e. The van der Waals surface area contributed by atoms with Crippen molar-refractivity contribution < 1.29 is 66.0 Å². The fourth-order valence-corrected chi connectivity index (χ4v) is 13.2. The van der Waals surface area contributed by atoms with Crippen molar-refractivity contribution in [1.29, 1.82) is 0 Å². The van der Waals surface area contributed by atoms with Crippen LogP contribution in [0.5, 0.6) is 23.0 Å². The van der Waals surface area contributed by atoms with Crippen LogP contribution < -0.4 is 18.9 Å². The second-order valence-corrected chi connectivity index (χ2v) is 22.9. The van der Waals surface area contributed by atoms with E-state index >= 15 is 0 Å². The molecule has 6 aromatic rings. The lowest BCUT2D eigenvalue weighted by Crippen LogP contribution is -2.32. The Balaban J connectivity index is 1.23. The SMILES string of the molecule is CCOC(=O)COc1c2cccc1Cc1cc(C3=C4C(C)=CC(C)=[N+]4[B]n4c(C)cc(C)c43)cc(c1OCC(=O)OCC)Cc1cccc(c1OCC(=O)OCC)Cc1cc(C3=C4C(C)=CC(C)=[N+]4[B]n4c(C)cc(C)c43)cc(c1OCC(=O)OCC)C2. The maximum atomic E-state index is 13.5. The maximum Gasteiger partial charge on any atom is 0.699 e. The van der Waals surface area contributed by atoms with Gasteiger partial charge in [0.15, 0.2) is 49.2 Å². The van der Waals surface area contributed by atoms with E-state index in [4.69, 9.17) is 37.9 Å². The predicted molar refractivity (Wildman–Crippen MR) is 337 cm³/mol. The molecule has 0 amide bonds. The van der Waals surface area contributed by atoms with Crippen LogP contribution in [0.15, 0.2) is 107 Å². The molecule has 2 aromatic heterocycles. The highest BCUT2D eigenvalue weighted by atomic mass is 16.6. The molecule has 0 fully saturated rings. The normalized spacial score (nSPS) is 14.6. The highest BCUT2D eigenvalue weighted by molar-refractivity contribution is 6.30. The molecule has 0 saturated carbocycles. The molecule has 0 atom stereocenters. The Labute approximate surface area is 515 Å². The minimum Gasteiger partial charge on any atom is -0.481 e. The number of carbonyl (C=O) groups excluding carboxylic acids is 4. The van der Waals surface area contributed by atoms with Crippen molar-refractivity contribution in [1.82, 2.24) is 8.96 Å². The van der Waals surface area contributed by atoms with Crippen LogP contribution in [-0.4, -0.2) is 121 Å². The van der Waals surface area contributed by atoms with Gasteiger partial charge in [-0.25, -0.2) is 19.2 Å². The maximum absolute atomic E-state index is 13.5. The van der Waals surface area contributed by atoms with Gasteiger partial charge in [0.1, 0.15) is 23.0 Å². The molecular formula is C70H74B2N4O12+2. The largest absolute Gasteiger partial charge is 0.699 e. The van der Waals surface area contributed by atoms with Gasteiger partial charge in [0.2, 0.25) is 0 Å². The number of benzene rings is 4. The van der Waals surface area contributed by atoms with Gasteiger partial charge in [0.25, 0.3) is 0 Å². The quantitative estimate of drug-likeness (QED) is 0.0456. The van der Waals surface area contributed by atoms with Crippen LogP contribution >= 0.6 is 0 Å². The van der Waals surface area contributed by atoms with E-state index in [-0.39, 0.29) is 52.1 Å². The molecule has 2 radical (unpaired) electrons.